The molecule has 1 amide bonds. The Balaban J connectivity index is 1.41. The molecule has 7 heteroatoms. The Labute approximate surface area is 138 Å². The Morgan fingerprint density at radius 3 is 3.00 bits per heavy atom. The zero-order valence-electron chi connectivity index (χ0n) is 13.3. The molecule has 0 unspecified atom stereocenters. The molecule has 0 atom stereocenters. The number of amides is 1. The van der Waals surface area contributed by atoms with Gasteiger partial charge >= 0.3 is 0 Å². The smallest absolute Gasteiger partial charge is 0.274 e. The minimum absolute atomic E-state index is 0.00714. The third-order valence-corrected chi connectivity index (χ3v) is 5.00. The van der Waals surface area contributed by atoms with Gasteiger partial charge in [0.05, 0.1) is 11.9 Å². The number of carbonyl (C=O) groups excluding carboxylic acids is 1. The van der Waals surface area contributed by atoms with E-state index in [9.17, 15) is 4.79 Å². The number of H-pyrrole nitrogens is 1. The topological polar surface area (TPSA) is 79.2 Å². The lowest BCUT2D eigenvalue weighted by atomic mass is 10.1. The number of fused-ring (bicyclic) bond motifs is 2. The standard InChI is InChI=1S/C17H18N6O/c24-17(14-10-18-15-2-1-7-19-23(14)15)22-8-5-12-13(6-9-22)20-21-16(12)11-3-4-11/h1-2,7,10-11H,3-6,8-9H2,(H,20,21). The summed E-state index contributed by atoms with van der Waals surface area (Å²) in [5.41, 5.74) is 4.99. The fourth-order valence-electron chi connectivity index (χ4n) is 3.54. The highest BCUT2D eigenvalue weighted by molar-refractivity contribution is 5.93. The van der Waals surface area contributed by atoms with E-state index in [0.29, 0.717) is 30.3 Å². The maximum atomic E-state index is 12.9. The zero-order valence-corrected chi connectivity index (χ0v) is 13.3. The lowest BCUT2D eigenvalue weighted by molar-refractivity contribution is 0.0754. The third-order valence-electron chi connectivity index (χ3n) is 5.00. The monoisotopic (exact) mass is 322 g/mol. The van der Waals surface area contributed by atoms with E-state index in [4.69, 9.17) is 0 Å². The van der Waals surface area contributed by atoms with E-state index in [1.807, 2.05) is 17.0 Å². The minimum Gasteiger partial charge on any atom is -0.337 e. The molecule has 122 valence electrons. The fourth-order valence-corrected chi connectivity index (χ4v) is 3.54. The van der Waals surface area contributed by atoms with E-state index in [-0.39, 0.29) is 5.91 Å². The summed E-state index contributed by atoms with van der Waals surface area (Å²) in [5, 5.41) is 11.9. The molecule has 4 heterocycles. The van der Waals surface area contributed by atoms with Crippen LogP contribution in [0.25, 0.3) is 5.65 Å². The van der Waals surface area contributed by atoms with Gasteiger partial charge in [0.1, 0.15) is 0 Å². The lowest BCUT2D eigenvalue weighted by Gasteiger charge is -2.19. The zero-order chi connectivity index (χ0) is 16.1. The van der Waals surface area contributed by atoms with Gasteiger partial charge < -0.3 is 4.90 Å². The second-order valence-electron chi connectivity index (χ2n) is 6.57. The van der Waals surface area contributed by atoms with Crippen molar-refractivity contribution in [3.63, 3.8) is 0 Å². The first-order valence-electron chi connectivity index (χ1n) is 8.45. The molecule has 3 aromatic rings. The predicted octanol–water partition coefficient (Wildman–Crippen LogP) is 1.57. The molecular weight excluding hydrogens is 304 g/mol. The number of aromatic nitrogens is 5. The normalized spacial score (nSPS) is 17.8. The van der Waals surface area contributed by atoms with Crippen molar-refractivity contribution >= 4 is 11.6 Å². The summed E-state index contributed by atoms with van der Waals surface area (Å²) in [5.74, 6) is 0.627. The Kier molecular flexibility index (Phi) is 2.95. The third kappa shape index (κ3) is 2.11. The van der Waals surface area contributed by atoms with Gasteiger partial charge in [0.2, 0.25) is 0 Å². The van der Waals surface area contributed by atoms with Crippen LogP contribution in [0.2, 0.25) is 0 Å². The second-order valence-corrected chi connectivity index (χ2v) is 6.57. The molecule has 0 aromatic carbocycles. The van der Waals surface area contributed by atoms with Crippen LogP contribution in [0.15, 0.2) is 24.5 Å². The summed E-state index contributed by atoms with van der Waals surface area (Å²) < 4.78 is 1.61. The van der Waals surface area contributed by atoms with E-state index in [1.54, 1.807) is 16.9 Å². The van der Waals surface area contributed by atoms with Crippen LogP contribution in [-0.4, -0.2) is 48.7 Å². The summed E-state index contributed by atoms with van der Waals surface area (Å²) in [6, 6.07) is 3.67. The number of aromatic amines is 1. The van der Waals surface area contributed by atoms with Crippen LogP contribution in [0.3, 0.4) is 0 Å². The molecule has 7 nitrogen and oxygen atoms in total. The molecule has 1 aliphatic carbocycles. The Morgan fingerprint density at radius 2 is 2.12 bits per heavy atom. The van der Waals surface area contributed by atoms with E-state index < -0.39 is 0 Å². The highest BCUT2D eigenvalue weighted by Crippen LogP contribution is 2.41. The van der Waals surface area contributed by atoms with E-state index in [1.165, 1.54) is 29.8 Å². The van der Waals surface area contributed by atoms with E-state index >= 15 is 0 Å². The molecule has 1 N–H and O–H groups in total. The molecule has 1 aliphatic heterocycles. The molecule has 24 heavy (non-hydrogen) atoms. The largest absolute Gasteiger partial charge is 0.337 e. The van der Waals surface area contributed by atoms with Gasteiger partial charge in [-0.1, -0.05) is 0 Å². The minimum atomic E-state index is -0.00714. The van der Waals surface area contributed by atoms with Gasteiger partial charge in [0.15, 0.2) is 11.3 Å². The van der Waals surface area contributed by atoms with Crippen molar-refractivity contribution < 1.29 is 4.79 Å². The van der Waals surface area contributed by atoms with Crippen LogP contribution in [0.4, 0.5) is 0 Å². The SMILES string of the molecule is O=C(c1cnc2cccnn12)N1CCc2[nH]nc(C3CC3)c2CC1. The van der Waals surface area contributed by atoms with Crippen LogP contribution in [0.5, 0.6) is 0 Å². The molecule has 0 bridgehead atoms. The number of carbonyl (C=O) groups is 1. The van der Waals surface area contributed by atoms with Gasteiger partial charge in [0, 0.05) is 37.3 Å². The average Bonchev–Trinajstić information content (AvgIpc) is 3.30. The molecule has 2 aliphatic rings. The van der Waals surface area contributed by atoms with Crippen LogP contribution in [-0.2, 0) is 12.8 Å². The summed E-state index contributed by atoms with van der Waals surface area (Å²) >= 11 is 0. The van der Waals surface area contributed by atoms with Crippen LogP contribution in [0, 0.1) is 0 Å². The van der Waals surface area contributed by atoms with Crippen molar-refractivity contribution in [2.75, 3.05) is 13.1 Å². The predicted molar refractivity (Wildman–Crippen MR) is 86.9 cm³/mol. The van der Waals surface area contributed by atoms with Gasteiger partial charge in [0.25, 0.3) is 5.91 Å². The van der Waals surface area contributed by atoms with Crippen LogP contribution in [0.1, 0.15) is 46.2 Å². The maximum Gasteiger partial charge on any atom is 0.274 e. The molecule has 1 saturated carbocycles. The van der Waals surface area contributed by atoms with Crippen molar-refractivity contribution in [1.29, 1.82) is 0 Å². The summed E-state index contributed by atoms with van der Waals surface area (Å²) in [7, 11) is 0. The molecule has 0 saturated heterocycles. The van der Waals surface area contributed by atoms with Crippen molar-refractivity contribution in [3.05, 3.63) is 47.2 Å². The number of hydrogen-bond acceptors (Lipinski definition) is 4. The van der Waals surface area contributed by atoms with Crippen molar-refractivity contribution in [2.24, 2.45) is 0 Å². The first-order valence-corrected chi connectivity index (χ1v) is 8.45. The second kappa shape index (κ2) is 5.15. The van der Waals surface area contributed by atoms with Gasteiger partial charge in [-0.15, -0.1) is 0 Å². The Morgan fingerprint density at radius 1 is 1.25 bits per heavy atom. The molecule has 5 rings (SSSR count). The molecule has 3 aromatic heterocycles. The first kappa shape index (κ1) is 13.7. The van der Waals surface area contributed by atoms with Crippen molar-refractivity contribution in [3.8, 4) is 0 Å². The first-order chi connectivity index (χ1) is 11.8. The van der Waals surface area contributed by atoms with Gasteiger partial charge in [-0.05, 0) is 37.0 Å². The van der Waals surface area contributed by atoms with Crippen LogP contribution < -0.4 is 0 Å². The molecule has 1 fully saturated rings. The quantitative estimate of drug-likeness (QED) is 0.777. The number of nitrogens with one attached hydrogen (secondary N) is 1. The van der Waals surface area contributed by atoms with Gasteiger partial charge in [-0.2, -0.15) is 10.2 Å². The lowest BCUT2D eigenvalue weighted by Crippen LogP contribution is -2.34. The van der Waals surface area contributed by atoms with Crippen LogP contribution >= 0.6 is 0 Å². The Bertz CT molecular complexity index is 922. The number of imidazole rings is 1. The molecular formula is C17H18N6O. The van der Waals surface area contributed by atoms with Crippen molar-refractivity contribution in [2.45, 2.75) is 31.6 Å². The maximum absolute atomic E-state index is 12.9. The highest BCUT2D eigenvalue weighted by Gasteiger charge is 2.32. The van der Waals surface area contributed by atoms with Crippen molar-refractivity contribution in [1.82, 2.24) is 29.7 Å². The molecule has 0 spiro atoms. The summed E-state index contributed by atoms with van der Waals surface area (Å²) in [4.78, 5) is 19.1. The molecule has 0 radical (unpaired) electrons. The average molecular weight is 322 g/mol. The highest BCUT2D eigenvalue weighted by atomic mass is 16.2. The van der Waals surface area contributed by atoms with Gasteiger partial charge in [-0.3, -0.25) is 9.89 Å². The fraction of sp³-hybridized carbons (Fsp3) is 0.412. The summed E-state index contributed by atoms with van der Waals surface area (Å²) in [6.07, 6.45) is 7.47. The number of hydrogen-bond donors (Lipinski definition) is 1. The summed E-state index contributed by atoms with van der Waals surface area (Å²) in [6.45, 7) is 1.41. The number of nitrogens with zero attached hydrogens (tertiary/aromatic N) is 5. The van der Waals surface area contributed by atoms with Gasteiger partial charge in [-0.25, -0.2) is 9.50 Å². The Hall–Kier alpha value is -2.70. The van der Waals surface area contributed by atoms with E-state index in [2.05, 4.69) is 20.3 Å². The number of rotatable bonds is 2. The van der Waals surface area contributed by atoms with E-state index in [0.717, 1.165) is 12.8 Å².